The number of rotatable bonds is 4. The molecule has 0 spiro atoms. The van der Waals surface area contributed by atoms with Crippen molar-refractivity contribution in [1.82, 2.24) is 0 Å². The van der Waals surface area contributed by atoms with Gasteiger partial charge in [-0.1, -0.05) is 12.1 Å². The molecule has 88 valence electrons. The second-order valence-electron chi connectivity index (χ2n) is 4.23. The average molecular weight is 222 g/mol. The molecule has 0 aliphatic rings. The molecule has 1 unspecified atom stereocenters. The molecule has 0 bridgehead atoms. The van der Waals surface area contributed by atoms with Gasteiger partial charge in [0.25, 0.3) is 0 Å². The van der Waals surface area contributed by atoms with Gasteiger partial charge >= 0.3 is 0 Å². The van der Waals surface area contributed by atoms with Gasteiger partial charge in [0.15, 0.2) is 0 Å². The minimum atomic E-state index is -1.18. The van der Waals surface area contributed by atoms with Crippen LogP contribution >= 0.6 is 0 Å². The van der Waals surface area contributed by atoms with Gasteiger partial charge in [0.1, 0.15) is 12.0 Å². The van der Waals surface area contributed by atoms with E-state index in [2.05, 4.69) is 0 Å². The summed E-state index contributed by atoms with van der Waals surface area (Å²) >= 11 is 0. The second kappa shape index (κ2) is 4.66. The highest BCUT2D eigenvalue weighted by Crippen LogP contribution is 2.35. The van der Waals surface area contributed by atoms with Gasteiger partial charge in [-0.25, -0.2) is 0 Å². The van der Waals surface area contributed by atoms with Gasteiger partial charge in [-0.15, -0.1) is 0 Å². The SMILES string of the molecule is COc1c(C(C)(O)CC=O)ccc(C)c1C. The van der Waals surface area contributed by atoms with E-state index in [1.807, 2.05) is 26.0 Å². The van der Waals surface area contributed by atoms with Crippen LogP contribution in [0.15, 0.2) is 12.1 Å². The zero-order chi connectivity index (χ0) is 12.3. The van der Waals surface area contributed by atoms with E-state index < -0.39 is 5.60 Å². The van der Waals surface area contributed by atoms with Crippen LogP contribution in [-0.4, -0.2) is 18.5 Å². The van der Waals surface area contributed by atoms with E-state index in [-0.39, 0.29) is 6.42 Å². The van der Waals surface area contributed by atoms with Crippen molar-refractivity contribution < 1.29 is 14.6 Å². The van der Waals surface area contributed by atoms with Gasteiger partial charge in [-0.2, -0.15) is 0 Å². The van der Waals surface area contributed by atoms with E-state index >= 15 is 0 Å². The first-order chi connectivity index (χ1) is 7.44. The predicted octanol–water partition coefficient (Wildman–Crippen LogP) is 2.11. The topological polar surface area (TPSA) is 46.5 Å². The molecule has 0 radical (unpaired) electrons. The lowest BCUT2D eigenvalue weighted by atomic mass is 9.89. The Labute approximate surface area is 96.1 Å². The molecule has 0 aliphatic carbocycles. The van der Waals surface area contributed by atoms with Crippen molar-refractivity contribution in [3.05, 3.63) is 28.8 Å². The maximum atomic E-state index is 10.5. The summed E-state index contributed by atoms with van der Waals surface area (Å²) in [6, 6.07) is 3.73. The van der Waals surface area contributed by atoms with Gasteiger partial charge in [0.05, 0.1) is 12.7 Å². The molecule has 0 saturated carbocycles. The van der Waals surface area contributed by atoms with Crippen molar-refractivity contribution in [1.29, 1.82) is 0 Å². The van der Waals surface area contributed by atoms with E-state index in [1.54, 1.807) is 14.0 Å². The lowest BCUT2D eigenvalue weighted by Gasteiger charge is -2.25. The molecular formula is C13H18O3. The molecule has 0 fully saturated rings. The summed E-state index contributed by atoms with van der Waals surface area (Å²) in [5.41, 5.74) is 1.57. The maximum absolute atomic E-state index is 10.5. The first-order valence-corrected chi connectivity index (χ1v) is 5.24. The molecule has 1 atom stereocenters. The summed E-state index contributed by atoms with van der Waals surface area (Å²) < 4.78 is 5.31. The molecule has 0 amide bonds. The Hall–Kier alpha value is -1.35. The number of methoxy groups -OCH3 is 1. The molecule has 0 saturated heterocycles. The first kappa shape index (κ1) is 12.7. The fraction of sp³-hybridized carbons (Fsp3) is 0.462. The number of carbonyl (C=O) groups excluding carboxylic acids is 1. The zero-order valence-electron chi connectivity index (χ0n) is 10.2. The Kier molecular flexibility index (Phi) is 3.70. The molecule has 16 heavy (non-hydrogen) atoms. The van der Waals surface area contributed by atoms with Crippen LogP contribution in [0.5, 0.6) is 5.75 Å². The predicted molar refractivity (Wildman–Crippen MR) is 62.7 cm³/mol. The molecule has 1 N–H and O–H groups in total. The third-order valence-corrected chi connectivity index (χ3v) is 2.94. The highest BCUT2D eigenvalue weighted by molar-refractivity contribution is 5.55. The van der Waals surface area contributed by atoms with Crippen LogP contribution in [0.3, 0.4) is 0 Å². The van der Waals surface area contributed by atoms with Crippen LogP contribution in [0, 0.1) is 13.8 Å². The Bertz CT molecular complexity index is 394. The van der Waals surface area contributed by atoms with Crippen LogP contribution in [0.1, 0.15) is 30.0 Å². The van der Waals surface area contributed by atoms with Crippen molar-refractivity contribution in [2.75, 3.05) is 7.11 Å². The van der Waals surface area contributed by atoms with Crippen LogP contribution in [-0.2, 0) is 10.4 Å². The number of hydrogen-bond donors (Lipinski definition) is 1. The molecule has 0 heterocycles. The summed E-state index contributed by atoms with van der Waals surface area (Å²) in [6.45, 7) is 5.54. The maximum Gasteiger partial charge on any atom is 0.128 e. The summed E-state index contributed by atoms with van der Waals surface area (Å²) in [7, 11) is 1.57. The minimum absolute atomic E-state index is 0.0614. The van der Waals surface area contributed by atoms with Crippen molar-refractivity contribution in [3.63, 3.8) is 0 Å². The Morgan fingerprint density at radius 3 is 2.56 bits per heavy atom. The van der Waals surface area contributed by atoms with Crippen molar-refractivity contribution in [2.24, 2.45) is 0 Å². The zero-order valence-corrected chi connectivity index (χ0v) is 10.2. The van der Waals surface area contributed by atoms with Gasteiger partial charge in [0.2, 0.25) is 0 Å². The molecule has 1 aromatic rings. The van der Waals surface area contributed by atoms with Crippen LogP contribution in [0.4, 0.5) is 0 Å². The lowest BCUT2D eigenvalue weighted by molar-refractivity contribution is -0.112. The number of aliphatic hydroxyl groups is 1. The highest BCUT2D eigenvalue weighted by Gasteiger charge is 2.27. The Morgan fingerprint density at radius 1 is 1.44 bits per heavy atom. The van der Waals surface area contributed by atoms with Crippen molar-refractivity contribution >= 4 is 6.29 Å². The molecule has 1 aromatic carbocycles. The normalized spacial score (nSPS) is 14.3. The minimum Gasteiger partial charge on any atom is -0.496 e. The fourth-order valence-corrected chi connectivity index (χ4v) is 1.75. The number of aryl methyl sites for hydroxylation is 1. The molecule has 0 aliphatic heterocycles. The third-order valence-electron chi connectivity index (χ3n) is 2.94. The molecule has 0 aromatic heterocycles. The van der Waals surface area contributed by atoms with E-state index in [9.17, 15) is 9.90 Å². The van der Waals surface area contributed by atoms with Crippen molar-refractivity contribution in [3.8, 4) is 5.75 Å². The van der Waals surface area contributed by atoms with Crippen molar-refractivity contribution in [2.45, 2.75) is 32.8 Å². The van der Waals surface area contributed by atoms with E-state index in [0.29, 0.717) is 17.6 Å². The quantitative estimate of drug-likeness (QED) is 0.794. The first-order valence-electron chi connectivity index (χ1n) is 5.24. The fourth-order valence-electron chi connectivity index (χ4n) is 1.75. The second-order valence-corrected chi connectivity index (χ2v) is 4.23. The van der Waals surface area contributed by atoms with Gasteiger partial charge in [0, 0.05) is 12.0 Å². The number of aldehydes is 1. The van der Waals surface area contributed by atoms with Gasteiger partial charge in [-0.3, -0.25) is 0 Å². The standard InChI is InChI=1S/C13H18O3/c1-9-5-6-11(12(16-4)10(9)2)13(3,15)7-8-14/h5-6,8,15H,7H2,1-4H3. The molecule has 1 rings (SSSR count). The van der Waals surface area contributed by atoms with E-state index in [0.717, 1.165) is 11.1 Å². The monoisotopic (exact) mass is 222 g/mol. The van der Waals surface area contributed by atoms with Gasteiger partial charge in [-0.05, 0) is 31.9 Å². The lowest BCUT2D eigenvalue weighted by Crippen LogP contribution is -2.23. The Morgan fingerprint density at radius 2 is 2.06 bits per heavy atom. The third kappa shape index (κ3) is 2.25. The molecule has 3 heteroatoms. The van der Waals surface area contributed by atoms with E-state index in [4.69, 9.17) is 4.74 Å². The highest BCUT2D eigenvalue weighted by atomic mass is 16.5. The number of carbonyl (C=O) groups is 1. The summed E-state index contributed by atoms with van der Waals surface area (Å²) in [5.74, 6) is 0.659. The summed E-state index contributed by atoms with van der Waals surface area (Å²) in [6.07, 6.45) is 0.778. The van der Waals surface area contributed by atoms with Crippen LogP contribution in [0.2, 0.25) is 0 Å². The number of hydrogen-bond acceptors (Lipinski definition) is 3. The number of benzene rings is 1. The average Bonchev–Trinajstić information content (AvgIpc) is 2.21. The number of ether oxygens (including phenoxy) is 1. The van der Waals surface area contributed by atoms with Crippen LogP contribution in [0.25, 0.3) is 0 Å². The summed E-state index contributed by atoms with van der Waals surface area (Å²) in [4.78, 5) is 10.5. The molecule has 3 nitrogen and oxygen atoms in total. The largest absolute Gasteiger partial charge is 0.496 e. The van der Waals surface area contributed by atoms with Gasteiger partial charge < -0.3 is 14.6 Å². The Balaban J connectivity index is 3.33. The molecular weight excluding hydrogens is 204 g/mol. The smallest absolute Gasteiger partial charge is 0.128 e. The van der Waals surface area contributed by atoms with Crippen LogP contribution < -0.4 is 4.74 Å². The summed E-state index contributed by atoms with van der Waals surface area (Å²) in [5, 5.41) is 10.2. The van der Waals surface area contributed by atoms with E-state index in [1.165, 1.54) is 0 Å².